The minimum Gasteiger partial charge on any atom is -0.495 e. The number of aliphatic hydroxyl groups excluding tert-OH is 1. The highest BCUT2D eigenvalue weighted by atomic mass is 16.6. The van der Waals surface area contributed by atoms with Gasteiger partial charge in [-0.3, -0.25) is 4.90 Å². The number of carbonyl (C=O) groups is 1. The van der Waals surface area contributed by atoms with Crippen LogP contribution in [0.1, 0.15) is 27.2 Å². The second kappa shape index (κ2) is 7.14. The predicted octanol–water partition coefficient (Wildman–Crippen LogP) is 2.82. The third kappa shape index (κ3) is 4.74. The number of para-hydroxylation sites is 2. The summed E-state index contributed by atoms with van der Waals surface area (Å²) in [7, 11) is 1.55. The van der Waals surface area contributed by atoms with Gasteiger partial charge in [-0.15, -0.1) is 0 Å². The van der Waals surface area contributed by atoms with Crippen LogP contribution in [0.3, 0.4) is 0 Å². The maximum absolute atomic E-state index is 12.3. The Kier molecular flexibility index (Phi) is 5.82. The molecule has 1 amide bonds. The zero-order chi connectivity index (χ0) is 15.2. The number of methoxy groups -OCH3 is 1. The van der Waals surface area contributed by atoms with Crippen LogP contribution in [0.5, 0.6) is 5.75 Å². The van der Waals surface area contributed by atoms with Gasteiger partial charge in [-0.05, 0) is 39.3 Å². The first-order valence-electron chi connectivity index (χ1n) is 6.63. The van der Waals surface area contributed by atoms with Crippen molar-refractivity contribution in [2.45, 2.75) is 32.8 Å². The van der Waals surface area contributed by atoms with E-state index in [4.69, 9.17) is 14.6 Å². The van der Waals surface area contributed by atoms with Crippen LogP contribution in [0, 0.1) is 0 Å². The van der Waals surface area contributed by atoms with Gasteiger partial charge in [-0.25, -0.2) is 4.79 Å². The van der Waals surface area contributed by atoms with E-state index in [9.17, 15) is 4.79 Å². The van der Waals surface area contributed by atoms with Crippen molar-refractivity contribution in [2.75, 3.05) is 25.2 Å². The molecule has 5 nitrogen and oxygen atoms in total. The number of aliphatic hydroxyl groups is 1. The van der Waals surface area contributed by atoms with Gasteiger partial charge in [0.05, 0.1) is 12.8 Å². The monoisotopic (exact) mass is 281 g/mol. The van der Waals surface area contributed by atoms with Crippen molar-refractivity contribution in [1.29, 1.82) is 0 Å². The molecule has 5 heteroatoms. The molecule has 0 saturated carbocycles. The fourth-order valence-electron chi connectivity index (χ4n) is 1.71. The Hall–Kier alpha value is -1.75. The van der Waals surface area contributed by atoms with Gasteiger partial charge in [0.25, 0.3) is 0 Å². The van der Waals surface area contributed by atoms with Crippen molar-refractivity contribution in [3.05, 3.63) is 24.3 Å². The molecule has 112 valence electrons. The van der Waals surface area contributed by atoms with E-state index >= 15 is 0 Å². The topological polar surface area (TPSA) is 59.0 Å². The normalized spacial score (nSPS) is 11.1. The Balaban J connectivity index is 3.02. The minimum atomic E-state index is -0.573. The first-order valence-corrected chi connectivity index (χ1v) is 6.63. The van der Waals surface area contributed by atoms with Crippen LogP contribution < -0.4 is 9.64 Å². The average Bonchev–Trinajstić information content (AvgIpc) is 2.37. The zero-order valence-electron chi connectivity index (χ0n) is 12.5. The molecule has 0 heterocycles. The van der Waals surface area contributed by atoms with Gasteiger partial charge in [-0.1, -0.05) is 12.1 Å². The van der Waals surface area contributed by atoms with Crippen LogP contribution in [-0.4, -0.2) is 37.1 Å². The van der Waals surface area contributed by atoms with Crippen molar-refractivity contribution in [3.8, 4) is 5.75 Å². The lowest BCUT2D eigenvalue weighted by Gasteiger charge is -2.28. The van der Waals surface area contributed by atoms with Crippen molar-refractivity contribution in [3.63, 3.8) is 0 Å². The second-order valence-electron chi connectivity index (χ2n) is 5.38. The summed E-state index contributed by atoms with van der Waals surface area (Å²) >= 11 is 0. The molecule has 1 aromatic carbocycles. The molecule has 20 heavy (non-hydrogen) atoms. The van der Waals surface area contributed by atoms with Gasteiger partial charge in [0.2, 0.25) is 0 Å². The third-order valence-corrected chi connectivity index (χ3v) is 2.53. The first-order chi connectivity index (χ1) is 9.39. The predicted molar refractivity (Wildman–Crippen MR) is 78.3 cm³/mol. The molecule has 1 aromatic rings. The van der Waals surface area contributed by atoms with Gasteiger partial charge in [0, 0.05) is 13.2 Å². The van der Waals surface area contributed by atoms with Crippen LogP contribution in [0.2, 0.25) is 0 Å². The lowest BCUT2D eigenvalue weighted by molar-refractivity contribution is 0.0577. The number of rotatable bonds is 5. The molecule has 1 N–H and O–H groups in total. The van der Waals surface area contributed by atoms with Gasteiger partial charge in [-0.2, -0.15) is 0 Å². The smallest absolute Gasteiger partial charge is 0.414 e. The number of anilines is 1. The molecule has 0 saturated heterocycles. The van der Waals surface area contributed by atoms with Crippen molar-refractivity contribution in [2.24, 2.45) is 0 Å². The van der Waals surface area contributed by atoms with Gasteiger partial charge in [0.1, 0.15) is 11.4 Å². The summed E-state index contributed by atoms with van der Waals surface area (Å²) in [6, 6.07) is 7.24. The van der Waals surface area contributed by atoms with Crippen molar-refractivity contribution < 1.29 is 19.4 Å². The Morgan fingerprint density at radius 1 is 1.30 bits per heavy atom. The van der Waals surface area contributed by atoms with Crippen molar-refractivity contribution >= 4 is 11.8 Å². The van der Waals surface area contributed by atoms with E-state index in [-0.39, 0.29) is 6.61 Å². The van der Waals surface area contributed by atoms with E-state index in [1.807, 2.05) is 32.9 Å². The van der Waals surface area contributed by atoms with E-state index in [0.717, 1.165) is 0 Å². The minimum absolute atomic E-state index is 0.00838. The molecule has 0 aliphatic carbocycles. The fourth-order valence-corrected chi connectivity index (χ4v) is 1.71. The van der Waals surface area contributed by atoms with E-state index in [1.54, 1.807) is 19.2 Å². The van der Waals surface area contributed by atoms with E-state index in [2.05, 4.69) is 0 Å². The lowest BCUT2D eigenvalue weighted by Crippen LogP contribution is -2.38. The first kappa shape index (κ1) is 16.3. The third-order valence-electron chi connectivity index (χ3n) is 2.53. The van der Waals surface area contributed by atoms with Crippen LogP contribution in [0.25, 0.3) is 0 Å². The lowest BCUT2D eigenvalue weighted by atomic mass is 10.2. The summed E-state index contributed by atoms with van der Waals surface area (Å²) in [6.07, 6.45) is 0.0209. The molecular weight excluding hydrogens is 258 g/mol. The fraction of sp³-hybridized carbons (Fsp3) is 0.533. The SMILES string of the molecule is COc1ccccc1N(CCCO)C(=O)OC(C)(C)C. The average molecular weight is 281 g/mol. The van der Waals surface area contributed by atoms with E-state index < -0.39 is 11.7 Å². The summed E-state index contributed by atoms with van der Waals surface area (Å²) in [5, 5.41) is 8.99. The maximum Gasteiger partial charge on any atom is 0.414 e. The Morgan fingerprint density at radius 2 is 1.95 bits per heavy atom. The highest BCUT2D eigenvalue weighted by Gasteiger charge is 2.24. The molecule has 0 fully saturated rings. The zero-order valence-corrected chi connectivity index (χ0v) is 12.5. The number of ether oxygens (including phenoxy) is 2. The van der Waals surface area contributed by atoms with Crippen LogP contribution in [-0.2, 0) is 4.74 Å². The van der Waals surface area contributed by atoms with Crippen LogP contribution >= 0.6 is 0 Å². The summed E-state index contributed by atoms with van der Waals surface area (Å²) in [5.74, 6) is 0.594. The van der Waals surface area contributed by atoms with Gasteiger partial charge < -0.3 is 14.6 Å². The molecule has 0 aliphatic heterocycles. The quantitative estimate of drug-likeness (QED) is 0.901. The summed E-state index contributed by atoms with van der Waals surface area (Å²) in [5.41, 5.74) is 0.0639. The Morgan fingerprint density at radius 3 is 2.50 bits per heavy atom. The van der Waals surface area contributed by atoms with Gasteiger partial charge >= 0.3 is 6.09 Å². The molecule has 0 unspecified atom stereocenters. The number of carbonyl (C=O) groups excluding carboxylic acids is 1. The van der Waals surface area contributed by atoms with E-state index in [1.165, 1.54) is 4.90 Å². The highest BCUT2D eigenvalue weighted by molar-refractivity contribution is 5.89. The number of nitrogens with zero attached hydrogens (tertiary/aromatic N) is 1. The van der Waals surface area contributed by atoms with Gasteiger partial charge in [0.15, 0.2) is 0 Å². The maximum atomic E-state index is 12.3. The largest absolute Gasteiger partial charge is 0.495 e. The summed E-state index contributed by atoms with van der Waals surface area (Å²) in [4.78, 5) is 13.8. The number of amides is 1. The number of benzene rings is 1. The molecule has 0 bridgehead atoms. The molecular formula is C15H23NO4. The Bertz CT molecular complexity index is 440. The standard InChI is InChI=1S/C15H23NO4/c1-15(2,3)20-14(18)16(10-7-11-17)12-8-5-6-9-13(12)19-4/h5-6,8-9,17H,7,10-11H2,1-4H3. The molecule has 1 rings (SSSR count). The molecule has 0 aromatic heterocycles. The molecule has 0 spiro atoms. The summed E-state index contributed by atoms with van der Waals surface area (Å²) < 4.78 is 10.7. The highest BCUT2D eigenvalue weighted by Crippen LogP contribution is 2.29. The molecule has 0 radical (unpaired) electrons. The number of hydrogen-bond donors (Lipinski definition) is 1. The molecule has 0 atom stereocenters. The second-order valence-corrected chi connectivity index (χ2v) is 5.38. The van der Waals surface area contributed by atoms with Crippen molar-refractivity contribution in [1.82, 2.24) is 0 Å². The van der Waals surface area contributed by atoms with Crippen LogP contribution in [0.4, 0.5) is 10.5 Å². The van der Waals surface area contributed by atoms with E-state index in [0.29, 0.717) is 24.4 Å². The summed E-state index contributed by atoms with van der Waals surface area (Å²) in [6.45, 7) is 5.83. The Labute approximate surface area is 120 Å². The molecule has 0 aliphatic rings. The van der Waals surface area contributed by atoms with Crippen LogP contribution in [0.15, 0.2) is 24.3 Å². The number of hydrogen-bond acceptors (Lipinski definition) is 4.